The van der Waals surface area contributed by atoms with Crippen molar-refractivity contribution < 1.29 is 9.66 Å². The van der Waals surface area contributed by atoms with Crippen molar-refractivity contribution in [1.82, 2.24) is 0 Å². The summed E-state index contributed by atoms with van der Waals surface area (Å²) in [4.78, 5) is 12.1. The molecule has 0 amide bonds. The monoisotopic (exact) mass is 208 g/mol. The topological polar surface area (TPSA) is 55.6 Å². The van der Waals surface area contributed by atoms with Crippen LogP contribution >= 0.6 is 0 Å². The van der Waals surface area contributed by atoms with E-state index in [2.05, 4.69) is 0 Å². The first-order chi connectivity index (χ1) is 7.16. The van der Waals surface area contributed by atoms with E-state index < -0.39 is 0 Å². The molecule has 0 atom stereocenters. The van der Waals surface area contributed by atoms with E-state index in [0.717, 1.165) is 18.0 Å². The SMILES string of the molecule is CN1CCOc2ccc(C[N+](=O)[O-])cc21. The van der Waals surface area contributed by atoms with Crippen molar-refractivity contribution in [1.29, 1.82) is 0 Å². The van der Waals surface area contributed by atoms with Gasteiger partial charge in [0.25, 0.3) is 0 Å². The molecule has 0 bridgehead atoms. The van der Waals surface area contributed by atoms with Crippen molar-refractivity contribution in [3.63, 3.8) is 0 Å². The molecule has 5 heteroatoms. The third-order valence-corrected chi connectivity index (χ3v) is 2.43. The fourth-order valence-electron chi connectivity index (χ4n) is 1.64. The number of anilines is 1. The molecule has 0 unspecified atom stereocenters. The zero-order valence-electron chi connectivity index (χ0n) is 8.47. The zero-order chi connectivity index (χ0) is 10.8. The van der Waals surface area contributed by atoms with E-state index >= 15 is 0 Å². The third kappa shape index (κ3) is 2.01. The Kier molecular flexibility index (Phi) is 2.45. The molecule has 1 aromatic carbocycles. The van der Waals surface area contributed by atoms with Gasteiger partial charge in [0.2, 0.25) is 6.54 Å². The summed E-state index contributed by atoms with van der Waals surface area (Å²) in [5, 5.41) is 10.4. The van der Waals surface area contributed by atoms with Crippen LogP contribution in [0.2, 0.25) is 0 Å². The largest absolute Gasteiger partial charge is 0.490 e. The van der Waals surface area contributed by atoms with Crippen LogP contribution in [0.5, 0.6) is 5.75 Å². The van der Waals surface area contributed by atoms with E-state index in [1.807, 2.05) is 18.0 Å². The molecule has 0 N–H and O–H groups in total. The van der Waals surface area contributed by atoms with Gasteiger partial charge in [0, 0.05) is 17.5 Å². The summed E-state index contributed by atoms with van der Waals surface area (Å²) in [5.41, 5.74) is 1.64. The van der Waals surface area contributed by atoms with Crippen molar-refractivity contribution in [2.75, 3.05) is 25.1 Å². The van der Waals surface area contributed by atoms with Gasteiger partial charge in [-0.25, -0.2) is 0 Å². The molecule has 1 aromatic rings. The standard InChI is InChI=1S/C10H12N2O3/c1-11-4-5-15-10-3-2-8(6-9(10)11)7-12(13)14/h2-3,6H,4-5,7H2,1H3. The average molecular weight is 208 g/mol. The lowest BCUT2D eigenvalue weighted by Crippen LogP contribution is -2.28. The molecular formula is C10H12N2O3. The summed E-state index contributed by atoms with van der Waals surface area (Å²) < 4.78 is 5.44. The number of nitro groups is 1. The molecule has 1 aliphatic heterocycles. The molecule has 0 saturated carbocycles. The number of rotatable bonds is 2. The third-order valence-electron chi connectivity index (χ3n) is 2.43. The van der Waals surface area contributed by atoms with Crippen molar-refractivity contribution in [2.24, 2.45) is 0 Å². The van der Waals surface area contributed by atoms with E-state index in [0.29, 0.717) is 12.2 Å². The number of nitrogens with zero attached hydrogens (tertiary/aromatic N) is 2. The highest BCUT2D eigenvalue weighted by Crippen LogP contribution is 2.31. The van der Waals surface area contributed by atoms with E-state index in [1.165, 1.54) is 0 Å². The fraction of sp³-hybridized carbons (Fsp3) is 0.400. The summed E-state index contributed by atoms with van der Waals surface area (Å²) in [5.74, 6) is 0.802. The van der Waals surface area contributed by atoms with Crippen molar-refractivity contribution in [3.8, 4) is 5.75 Å². The predicted molar refractivity (Wildman–Crippen MR) is 55.9 cm³/mol. The van der Waals surface area contributed by atoms with Gasteiger partial charge >= 0.3 is 0 Å². The van der Waals surface area contributed by atoms with Gasteiger partial charge in [0.1, 0.15) is 12.4 Å². The molecule has 0 aliphatic carbocycles. The average Bonchev–Trinajstić information content (AvgIpc) is 2.18. The Morgan fingerprint density at radius 3 is 3.13 bits per heavy atom. The maximum absolute atomic E-state index is 10.4. The Morgan fingerprint density at radius 2 is 2.40 bits per heavy atom. The summed E-state index contributed by atoms with van der Waals surface area (Å²) >= 11 is 0. The summed E-state index contributed by atoms with van der Waals surface area (Å²) in [6.45, 7) is 1.34. The Balaban J connectivity index is 2.31. The van der Waals surface area contributed by atoms with Crippen LogP contribution in [0.4, 0.5) is 5.69 Å². The zero-order valence-corrected chi connectivity index (χ0v) is 8.47. The molecule has 0 aromatic heterocycles. The second kappa shape index (κ2) is 3.76. The molecule has 80 valence electrons. The Bertz CT molecular complexity index is 392. The first-order valence-electron chi connectivity index (χ1n) is 4.75. The van der Waals surface area contributed by atoms with Gasteiger partial charge in [-0.15, -0.1) is 0 Å². The Labute approximate surface area is 87.4 Å². The number of hydrogen-bond acceptors (Lipinski definition) is 4. The normalized spacial score (nSPS) is 14.3. The molecular weight excluding hydrogens is 196 g/mol. The van der Waals surface area contributed by atoms with E-state index in [1.54, 1.807) is 12.1 Å². The molecule has 0 spiro atoms. The molecule has 2 rings (SSSR count). The quantitative estimate of drug-likeness (QED) is 0.543. The molecule has 0 radical (unpaired) electrons. The van der Waals surface area contributed by atoms with Crippen LogP contribution in [0.1, 0.15) is 5.56 Å². The van der Waals surface area contributed by atoms with Crippen LogP contribution in [0.3, 0.4) is 0 Å². The summed E-state index contributed by atoms with van der Waals surface area (Å²) in [6, 6.07) is 5.35. The molecule has 1 aliphatic rings. The minimum Gasteiger partial charge on any atom is -0.490 e. The molecule has 5 nitrogen and oxygen atoms in total. The number of ether oxygens (including phenoxy) is 1. The highest BCUT2D eigenvalue weighted by molar-refractivity contribution is 5.60. The van der Waals surface area contributed by atoms with Crippen LogP contribution in [0.15, 0.2) is 18.2 Å². The van der Waals surface area contributed by atoms with Crippen LogP contribution in [0.25, 0.3) is 0 Å². The second-order valence-corrected chi connectivity index (χ2v) is 3.56. The van der Waals surface area contributed by atoms with Gasteiger partial charge in [-0.05, 0) is 18.2 Å². The summed E-state index contributed by atoms with van der Waals surface area (Å²) in [7, 11) is 1.96. The lowest BCUT2D eigenvalue weighted by molar-refractivity contribution is -0.496. The lowest BCUT2D eigenvalue weighted by Gasteiger charge is -2.27. The smallest absolute Gasteiger partial charge is 0.229 e. The highest BCUT2D eigenvalue weighted by Gasteiger charge is 2.16. The molecule has 0 saturated heterocycles. The molecule has 15 heavy (non-hydrogen) atoms. The Morgan fingerprint density at radius 1 is 1.60 bits per heavy atom. The van der Waals surface area contributed by atoms with E-state index in [9.17, 15) is 10.1 Å². The van der Waals surface area contributed by atoms with Crippen LogP contribution in [0, 0.1) is 10.1 Å². The van der Waals surface area contributed by atoms with Gasteiger partial charge < -0.3 is 9.64 Å². The van der Waals surface area contributed by atoms with Crippen molar-refractivity contribution in [3.05, 3.63) is 33.9 Å². The van der Waals surface area contributed by atoms with Crippen molar-refractivity contribution >= 4 is 5.69 Å². The van der Waals surface area contributed by atoms with Crippen LogP contribution in [-0.2, 0) is 6.54 Å². The fourth-order valence-corrected chi connectivity index (χ4v) is 1.64. The van der Waals surface area contributed by atoms with Gasteiger partial charge in [-0.2, -0.15) is 0 Å². The van der Waals surface area contributed by atoms with Gasteiger partial charge in [0.15, 0.2) is 0 Å². The second-order valence-electron chi connectivity index (χ2n) is 3.56. The Hall–Kier alpha value is -1.78. The van der Waals surface area contributed by atoms with Crippen molar-refractivity contribution in [2.45, 2.75) is 6.54 Å². The number of likely N-dealkylation sites (N-methyl/N-ethyl adjacent to an activating group) is 1. The minimum absolute atomic E-state index is 0.138. The maximum atomic E-state index is 10.4. The number of benzene rings is 1. The van der Waals surface area contributed by atoms with Crippen LogP contribution in [-0.4, -0.2) is 25.1 Å². The highest BCUT2D eigenvalue weighted by atomic mass is 16.6. The maximum Gasteiger partial charge on any atom is 0.229 e. The number of fused-ring (bicyclic) bond motifs is 1. The first-order valence-corrected chi connectivity index (χ1v) is 4.75. The predicted octanol–water partition coefficient (Wildman–Crippen LogP) is 1.29. The van der Waals surface area contributed by atoms with Gasteiger partial charge in [0.05, 0.1) is 12.2 Å². The lowest BCUT2D eigenvalue weighted by atomic mass is 10.1. The van der Waals surface area contributed by atoms with Crippen LogP contribution < -0.4 is 9.64 Å². The molecule has 1 heterocycles. The molecule has 0 fully saturated rings. The van der Waals surface area contributed by atoms with E-state index in [-0.39, 0.29) is 11.5 Å². The van der Waals surface area contributed by atoms with E-state index in [4.69, 9.17) is 4.74 Å². The van der Waals surface area contributed by atoms with Gasteiger partial charge in [-0.3, -0.25) is 10.1 Å². The minimum atomic E-state index is -0.328. The summed E-state index contributed by atoms with van der Waals surface area (Å²) in [6.07, 6.45) is 0. The van der Waals surface area contributed by atoms with Gasteiger partial charge in [-0.1, -0.05) is 0 Å². The number of hydrogen-bond donors (Lipinski definition) is 0. The first kappa shape index (κ1) is 9.76.